The Morgan fingerprint density at radius 3 is 2.60 bits per heavy atom. The summed E-state index contributed by atoms with van der Waals surface area (Å²) >= 11 is 13.0. The van der Waals surface area contributed by atoms with Crippen molar-refractivity contribution in [1.82, 2.24) is 0 Å². The van der Waals surface area contributed by atoms with Crippen molar-refractivity contribution in [2.24, 2.45) is 10.9 Å². The number of oxime groups is 1. The van der Waals surface area contributed by atoms with Gasteiger partial charge in [-0.3, -0.25) is 0 Å². The van der Waals surface area contributed by atoms with E-state index in [2.05, 4.69) is 5.16 Å². The van der Waals surface area contributed by atoms with E-state index < -0.39 is 0 Å². The van der Waals surface area contributed by atoms with Gasteiger partial charge in [0.05, 0.1) is 15.8 Å². The first-order valence-electron chi connectivity index (χ1n) is 3.67. The summed E-state index contributed by atoms with van der Waals surface area (Å²) in [5, 5.41) is 12.2. The van der Waals surface area contributed by atoms with Crippen molar-refractivity contribution >= 4 is 53.2 Å². The molecule has 0 saturated carbocycles. The first kappa shape index (κ1) is 14.7. The molecule has 0 bridgehead atoms. The maximum atomic E-state index is 8.31. The van der Waals surface area contributed by atoms with Gasteiger partial charge < -0.3 is 10.9 Å². The molecule has 0 spiro atoms. The highest BCUT2D eigenvalue weighted by molar-refractivity contribution is 8.00. The molecule has 0 radical (unpaired) electrons. The summed E-state index contributed by atoms with van der Waals surface area (Å²) in [4.78, 5) is 0.922. The van der Waals surface area contributed by atoms with Crippen molar-refractivity contribution in [3.8, 4) is 0 Å². The zero-order chi connectivity index (χ0) is 10.6. The van der Waals surface area contributed by atoms with E-state index in [-0.39, 0.29) is 18.2 Å². The van der Waals surface area contributed by atoms with Gasteiger partial charge in [-0.2, -0.15) is 0 Å². The minimum absolute atomic E-state index is 0. The zero-order valence-electron chi connectivity index (χ0n) is 7.48. The van der Waals surface area contributed by atoms with Crippen LogP contribution in [0.25, 0.3) is 0 Å². The number of benzene rings is 1. The third-order valence-corrected chi connectivity index (χ3v) is 3.17. The fourth-order valence-electron chi connectivity index (χ4n) is 0.753. The summed E-state index contributed by atoms with van der Waals surface area (Å²) in [7, 11) is 0. The van der Waals surface area contributed by atoms with Crippen molar-refractivity contribution in [3.63, 3.8) is 0 Å². The molecule has 0 atom stereocenters. The Bertz CT molecular complexity index is 360. The van der Waals surface area contributed by atoms with E-state index in [1.54, 1.807) is 12.1 Å². The maximum Gasteiger partial charge on any atom is 0.149 e. The number of nitrogens with zero attached hydrogens (tertiary/aromatic N) is 1. The topological polar surface area (TPSA) is 58.6 Å². The monoisotopic (exact) mass is 286 g/mol. The lowest BCUT2D eigenvalue weighted by Crippen LogP contribution is -2.13. The molecule has 7 heteroatoms. The average molecular weight is 288 g/mol. The Kier molecular flexibility index (Phi) is 6.92. The molecule has 0 aromatic heterocycles. The third-order valence-electron chi connectivity index (χ3n) is 1.41. The highest BCUT2D eigenvalue weighted by atomic mass is 35.5. The molecule has 3 nitrogen and oxygen atoms in total. The molecule has 0 heterocycles. The van der Waals surface area contributed by atoms with Gasteiger partial charge >= 0.3 is 0 Å². The molecule has 15 heavy (non-hydrogen) atoms. The SMILES string of the molecule is Cl.N/C(CSc1ccc(Cl)c(Cl)c1)=N\O. The summed E-state index contributed by atoms with van der Waals surface area (Å²) in [5.41, 5.74) is 5.31. The summed E-state index contributed by atoms with van der Waals surface area (Å²) in [6.07, 6.45) is 0. The highest BCUT2D eigenvalue weighted by Gasteiger charge is 2.01. The predicted octanol–water partition coefficient (Wildman–Crippen LogP) is 3.25. The lowest BCUT2D eigenvalue weighted by molar-refractivity contribution is 0.318. The Morgan fingerprint density at radius 2 is 2.07 bits per heavy atom. The second-order valence-electron chi connectivity index (χ2n) is 2.46. The van der Waals surface area contributed by atoms with Crippen molar-refractivity contribution < 1.29 is 5.21 Å². The first-order chi connectivity index (χ1) is 6.63. The number of amidine groups is 1. The van der Waals surface area contributed by atoms with Gasteiger partial charge in [0, 0.05) is 4.90 Å². The summed E-state index contributed by atoms with van der Waals surface area (Å²) in [6.45, 7) is 0. The van der Waals surface area contributed by atoms with Gasteiger partial charge in [0.1, 0.15) is 5.84 Å². The highest BCUT2D eigenvalue weighted by Crippen LogP contribution is 2.27. The molecular formula is C8H9Cl3N2OS. The second kappa shape index (κ2) is 7.06. The van der Waals surface area contributed by atoms with Gasteiger partial charge in [0.2, 0.25) is 0 Å². The quantitative estimate of drug-likeness (QED) is 0.295. The van der Waals surface area contributed by atoms with E-state index in [0.717, 1.165) is 4.90 Å². The van der Waals surface area contributed by atoms with Gasteiger partial charge in [0.15, 0.2) is 0 Å². The molecule has 0 aliphatic heterocycles. The van der Waals surface area contributed by atoms with E-state index in [1.165, 1.54) is 11.8 Å². The largest absolute Gasteiger partial charge is 0.409 e. The minimum Gasteiger partial charge on any atom is -0.409 e. The molecule has 0 aliphatic carbocycles. The smallest absolute Gasteiger partial charge is 0.149 e. The fourth-order valence-corrected chi connectivity index (χ4v) is 1.85. The normalized spacial score (nSPS) is 10.9. The van der Waals surface area contributed by atoms with E-state index in [1.807, 2.05) is 6.07 Å². The number of rotatable bonds is 3. The molecule has 1 aromatic carbocycles. The van der Waals surface area contributed by atoms with Gasteiger partial charge in [-0.25, -0.2) is 0 Å². The molecule has 1 aromatic rings. The summed E-state index contributed by atoms with van der Waals surface area (Å²) in [6, 6.07) is 5.27. The lowest BCUT2D eigenvalue weighted by atomic mass is 10.4. The van der Waals surface area contributed by atoms with Crippen LogP contribution in [0, 0.1) is 0 Å². The van der Waals surface area contributed by atoms with Gasteiger partial charge in [0.25, 0.3) is 0 Å². The van der Waals surface area contributed by atoms with Crippen LogP contribution in [0.5, 0.6) is 0 Å². The minimum atomic E-state index is 0. The second-order valence-corrected chi connectivity index (χ2v) is 4.32. The maximum absolute atomic E-state index is 8.31. The molecule has 0 fully saturated rings. The predicted molar refractivity (Wildman–Crippen MR) is 67.8 cm³/mol. The van der Waals surface area contributed by atoms with Crippen LogP contribution in [0.4, 0.5) is 0 Å². The molecule has 1 rings (SSSR count). The summed E-state index contributed by atoms with van der Waals surface area (Å²) in [5.74, 6) is 0.579. The zero-order valence-corrected chi connectivity index (χ0v) is 10.6. The van der Waals surface area contributed by atoms with Crippen molar-refractivity contribution in [3.05, 3.63) is 28.2 Å². The summed E-state index contributed by atoms with van der Waals surface area (Å²) < 4.78 is 0. The number of nitrogens with two attached hydrogens (primary N) is 1. The van der Waals surface area contributed by atoms with Crippen LogP contribution >= 0.6 is 47.4 Å². The molecule has 0 unspecified atom stereocenters. The van der Waals surface area contributed by atoms with Gasteiger partial charge in [-0.05, 0) is 18.2 Å². The Labute approximate surface area is 108 Å². The van der Waals surface area contributed by atoms with E-state index in [9.17, 15) is 0 Å². The Hall–Kier alpha value is -0.290. The molecule has 84 valence electrons. The lowest BCUT2D eigenvalue weighted by Gasteiger charge is -2.01. The van der Waals surface area contributed by atoms with Crippen LogP contribution in [0.1, 0.15) is 0 Å². The number of thioether (sulfide) groups is 1. The van der Waals surface area contributed by atoms with Crippen LogP contribution < -0.4 is 5.73 Å². The van der Waals surface area contributed by atoms with E-state index >= 15 is 0 Å². The number of hydrogen-bond acceptors (Lipinski definition) is 3. The van der Waals surface area contributed by atoms with Gasteiger partial charge in [-0.15, -0.1) is 24.2 Å². The van der Waals surface area contributed by atoms with Crippen molar-refractivity contribution in [1.29, 1.82) is 0 Å². The van der Waals surface area contributed by atoms with Crippen molar-refractivity contribution in [2.45, 2.75) is 4.90 Å². The van der Waals surface area contributed by atoms with Crippen LogP contribution in [0.3, 0.4) is 0 Å². The Balaban J connectivity index is 0.00000196. The van der Waals surface area contributed by atoms with Crippen LogP contribution in [-0.4, -0.2) is 16.8 Å². The van der Waals surface area contributed by atoms with Gasteiger partial charge in [-0.1, -0.05) is 28.4 Å². The average Bonchev–Trinajstić information content (AvgIpc) is 2.19. The van der Waals surface area contributed by atoms with Crippen molar-refractivity contribution in [2.75, 3.05) is 5.75 Å². The van der Waals surface area contributed by atoms with E-state index in [4.69, 9.17) is 34.1 Å². The first-order valence-corrected chi connectivity index (χ1v) is 5.42. The van der Waals surface area contributed by atoms with Crippen LogP contribution in [-0.2, 0) is 0 Å². The molecule has 0 saturated heterocycles. The fraction of sp³-hybridized carbons (Fsp3) is 0.125. The standard InChI is InChI=1S/C8H8Cl2N2OS.ClH/c9-6-2-1-5(3-7(6)10)14-4-8(11)12-13;/h1-3,13H,4H2,(H2,11,12);1H. The third kappa shape index (κ3) is 4.84. The molecular weight excluding hydrogens is 279 g/mol. The van der Waals surface area contributed by atoms with Crippen LogP contribution in [0.15, 0.2) is 28.3 Å². The molecule has 3 N–H and O–H groups in total. The molecule has 0 amide bonds. The van der Waals surface area contributed by atoms with Crippen LogP contribution in [0.2, 0.25) is 10.0 Å². The van der Waals surface area contributed by atoms with E-state index in [0.29, 0.717) is 15.8 Å². The number of hydrogen-bond donors (Lipinski definition) is 2. The molecule has 0 aliphatic rings. The number of halogens is 3. The Morgan fingerprint density at radius 1 is 1.40 bits per heavy atom.